The van der Waals surface area contributed by atoms with E-state index < -0.39 is 33.2 Å². The molecule has 1 saturated carbocycles. The van der Waals surface area contributed by atoms with Crippen LogP contribution in [-0.4, -0.2) is 58.1 Å². The third-order valence-corrected chi connectivity index (χ3v) is 8.82. The lowest BCUT2D eigenvalue weighted by molar-refractivity contribution is 0.0562. The Bertz CT molecular complexity index is 1870. The second kappa shape index (κ2) is 12.4. The lowest BCUT2D eigenvalue weighted by atomic mass is 9.91. The third kappa shape index (κ3) is 7.36. The number of H-pyrrole nitrogens is 1. The molecular weight excluding hydrogens is 606 g/mol. The van der Waals surface area contributed by atoms with E-state index >= 15 is 4.39 Å². The number of benzene rings is 1. The zero-order chi connectivity index (χ0) is 32.5. The number of aromatic nitrogens is 4. The van der Waals surface area contributed by atoms with E-state index in [1.807, 2.05) is 6.92 Å². The summed E-state index contributed by atoms with van der Waals surface area (Å²) in [6.07, 6.45) is 3.71. The van der Waals surface area contributed by atoms with Crippen LogP contribution in [0.2, 0.25) is 0 Å². The van der Waals surface area contributed by atoms with Gasteiger partial charge in [-0.15, -0.1) is 0 Å². The molecule has 0 radical (unpaired) electrons. The summed E-state index contributed by atoms with van der Waals surface area (Å²) in [5.41, 5.74) is 6.16. The molecule has 4 aromatic rings. The van der Waals surface area contributed by atoms with Gasteiger partial charge in [0, 0.05) is 11.4 Å². The first-order valence-corrected chi connectivity index (χ1v) is 15.8. The summed E-state index contributed by atoms with van der Waals surface area (Å²) < 4.78 is 62.1. The average molecular weight is 641 g/mol. The molecule has 45 heavy (non-hydrogen) atoms. The summed E-state index contributed by atoms with van der Waals surface area (Å²) in [6.45, 7) is 7.01. The zero-order valence-corrected chi connectivity index (χ0v) is 26.0. The summed E-state index contributed by atoms with van der Waals surface area (Å²) in [5.74, 6) is -1.85. The molecule has 0 bridgehead atoms. The number of halogens is 2. The molecule has 3 heterocycles. The van der Waals surface area contributed by atoms with Crippen molar-refractivity contribution < 1.29 is 26.7 Å². The van der Waals surface area contributed by atoms with E-state index in [2.05, 4.69) is 35.6 Å². The van der Waals surface area contributed by atoms with Crippen LogP contribution in [0.3, 0.4) is 0 Å². The number of hydrogen-bond donors (Lipinski definition) is 4. The van der Waals surface area contributed by atoms with Gasteiger partial charge in [-0.05, 0) is 71.6 Å². The molecule has 1 amide bonds. The van der Waals surface area contributed by atoms with E-state index in [1.165, 1.54) is 12.1 Å². The molecule has 0 saturated heterocycles. The number of fused-ring (bicyclic) bond motifs is 1. The lowest BCUT2D eigenvalue weighted by Crippen LogP contribution is -2.41. The van der Waals surface area contributed by atoms with Crippen LogP contribution in [0.4, 0.5) is 19.4 Å². The van der Waals surface area contributed by atoms with Crippen LogP contribution in [-0.2, 0) is 14.6 Å². The number of hydrogen-bond acceptors (Lipinski definition) is 9. The fourth-order valence-corrected chi connectivity index (χ4v) is 6.54. The normalized spacial score (nSPS) is 17.7. The van der Waals surface area contributed by atoms with Crippen LogP contribution >= 0.6 is 0 Å². The van der Waals surface area contributed by atoms with Gasteiger partial charge in [0.25, 0.3) is 0 Å². The summed E-state index contributed by atoms with van der Waals surface area (Å²) >= 11 is 0. The quantitative estimate of drug-likeness (QED) is 0.167. The smallest absolute Gasteiger partial charge is 0.414 e. The highest BCUT2D eigenvalue weighted by atomic mass is 32.2. The Kier molecular flexibility index (Phi) is 8.74. The van der Waals surface area contributed by atoms with Gasteiger partial charge in [-0.25, -0.2) is 41.9 Å². The molecule has 0 aliphatic heterocycles. The fourth-order valence-electron chi connectivity index (χ4n) is 5.11. The first kappa shape index (κ1) is 31.8. The monoisotopic (exact) mass is 640 g/mol. The van der Waals surface area contributed by atoms with Crippen LogP contribution in [0.25, 0.3) is 22.4 Å². The van der Waals surface area contributed by atoms with Crippen molar-refractivity contribution in [1.29, 1.82) is 0 Å². The number of ether oxygens (including phenoxy) is 1. The van der Waals surface area contributed by atoms with Crippen molar-refractivity contribution in [2.24, 2.45) is 10.7 Å². The van der Waals surface area contributed by atoms with Gasteiger partial charge in [-0.3, -0.25) is 5.32 Å². The van der Waals surface area contributed by atoms with Crippen molar-refractivity contribution in [3.05, 3.63) is 59.9 Å². The number of carbonyl (C=O) groups is 1. The molecule has 0 spiro atoms. The van der Waals surface area contributed by atoms with Crippen LogP contribution in [0.15, 0.2) is 57.6 Å². The van der Waals surface area contributed by atoms with Crippen LogP contribution in [0.5, 0.6) is 0 Å². The molecule has 5 N–H and O–H groups in total. The number of alkyl carbamates (subject to hydrolysis) is 1. The molecule has 1 aliphatic rings. The maximum absolute atomic E-state index is 15.1. The van der Waals surface area contributed by atoms with Gasteiger partial charge in [-0.1, -0.05) is 17.7 Å². The predicted molar refractivity (Wildman–Crippen MR) is 164 cm³/mol. The van der Waals surface area contributed by atoms with Crippen molar-refractivity contribution in [2.45, 2.75) is 81.0 Å². The molecule has 3 aromatic heterocycles. The van der Waals surface area contributed by atoms with Gasteiger partial charge < -0.3 is 20.8 Å². The number of amides is 1. The van der Waals surface area contributed by atoms with E-state index in [4.69, 9.17) is 10.5 Å². The highest BCUT2D eigenvalue weighted by Crippen LogP contribution is 2.36. The second-order valence-corrected chi connectivity index (χ2v) is 13.8. The second-order valence-electron chi connectivity index (χ2n) is 11.9. The predicted octanol–water partition coefficient (Wildman–Crippen LogP) is 5.00. The number of pyridine rings is 1. The van der Waals surface area contributed by atoms with Crippen LogP contribution in [0.1, 0.15) is 52.0 Å². The highest BCUT2D eigenvalue weighted by molar-refractivity contribution is 7.91. The number of nitrogens with one attached hydrogen (secondary N) is 3. The van der Waals surface area contributed by atoms with Gasteiger partial charge in [-0.2, -0.15) is 0 Å². The van der Waals surface area contributed by atoms with Crippen molar-refractivity contribution in [3.8, 4) is 11.4 Å². The number of aromatic amines is 1. The van der Waals surface area contributed by atoms with Gasteiger partial charge in [0.05, 0.1) is 28.9 Å². The molecule has 15 heteroatoms. The summed E-state index contributed by atoms with van der Waals surface area (Å²) in [4.78, 5) is 31.7. The number of sulfone groups is 1. The first-order chi connectivity index (χ1) is 21.2. The molecule has 238 valence electrons. The Hall–Kier alpha value is -4.66. The highest BCUT2D eigenvalue weighted by Gasteiger charge is 2.30. The molecule has 1 aromatic carbocycles. The van der Waals surface area contributed by atoms with Gasteiger partial charge in [0.2, 0.25) is 9.84 Å². The number of rotatable bonds is 6. The molecule has 1 aliphatic carbocycles. The van der Waals surface area contributed by atoms with Crippen LogP contribution < -0.4 is 16.4 Å². The average Bonchev–Trinajstić information content (AvgIpc) is 3.33. The zero-order valence-electron chi connectivity index (χ0n) is 25.2. The van der Waals surface area contributed by atoms with E-state index in [9.17, 15) is 17.6 Å². The lowest BCUT2D eigenvalue weighted by Gasteiger charge is -2.28. The topological polar surface area (TPSA) is 177 Å². The summed E-state index contributed by atoms with van der Waals surface area (Å²) in [6, 6.07) is 6.82. The Labute approximate surface area is 258 Å². The molecule has 0 unspecified atom stereocenters. The standard InChI is InChI=1S/C30H34F2N8O4S/c1-16-8-10-20(11-9-16)45(42,43)27-23(21-12-17(31)14-34-24(21)39-27)26-35-15-22(32)25(38-26)36-18-6-5-7-19(13-18)37-28(33)40-29(41)44-30(2,3)4/h8-12,14-15,18-19H,5-7,13H2,1-4H3,(H,34,39)(H,35,36,38)(H3,33,37,40,41)/t18-,19+/m0/s1. The number of nitrogens with zero attached hydrogens (tertiary/aromatic N) is 4. The van der Waals surface area contributed by atoms with Gasteiger partial charge in [0.1, 0.15) is 17.1 Å². The van der Waals surface area contributed by atoms with E-state index in [0.29, 0.717) is 19.3 Å². The SMILES string of the molecule is Cc1ccc(S(=O)(=O)c2[nH]c3ncc(F)cc3c2-c2ncc(F)c(N[C@H]3CCC[C@@H](N=C(N)NC(=O)OC(C)(C)C)C3)n2)cc1. The third-order valence-electron chi connectivity index (χ3n) is 7.09. The number of nitrogens with two attached hydrogens (primary N) is 1. The van der Waals surface area contributed by atoms with E-state index in [-0.39, 0.29) is 56.2 Å². The van der Waals surface area contributed by atoms with Gasteiger partial charge >= 0.3 is 6.09 Å². The molecule has 2 atom stereocenters. The Morgan fingerprint density at radius 3 is 2.58 bits per heavy atom. The van der Waals surface area contributed by atoms with Crippen LogP contribution in [0, 0.1) is 18.6 Å². The number of guanidine groups is 1. The van der Waals surface area contributed by atoms with Crippen molar-refractivity contribution in [1.82, 2.24) is 25.3 Å². The Morgan fingerprint density at radius 1 is 1.13 bits per heavy atom. The number of aryl methyl sites for hydroxylation is 1. The minimum Gasteiger partial charge on any atom is -0.444 e. The maximum atomic E-state index is 15.1. The van der Waals surface area contributed by atoms with E-state index in [0.717, 1.165) is 30.4 Å². The largest absolute Gasteiger partial charge is 0.444 e. The van der Waals surface area contributed by atoms with Crippen molar-refractivity contribution in [2.75, 3.05) is 5.32 Å². The minimum atomic E-state index is -4.17. The Balaban J connectivity index is 1.44. The molecule has 5 rings (SSSR count). The maximum Gasteiger partial charge on any atom is 0.414 e. The molecule has 12 nitrogen and oxygen atoms in total. The Morgan fingerprint density at radius 2 is 1.87 bits per heavy atom. The number of carbonyl (C=O) groups excluding carboxylic acids is 1. The number of aliphatic imine (C=N–C) groups is 1. The fraction of sp³-hybridized carbons (Fsp3) is 0.367. The molecular formula is C30H34F2N8O4S. The summed E-state index contributed by atoms with van der Waals surface area (Å²) in [5, 5.41) is 5.33. The first-order valence-electron chi connectivity index (χ1n) is 14.3. The van der Waals surface area contributed by atoms with Crippen molar-refractivity contribution >= 4 is 38.7 Å². The molecule has 1 fully saturated rings. The number of anilines is 1. The van der Waals surface area contributed by atoms with E-state index in [1.54, 1.807) is 32.9 Å². The summed E-state index contributed by atoms with van der Waals surface area (Å²) in [7, 11) is -4.17. The van der Waals surface area contributed by atoms with Gasteiger partial charge in [0.15, 0.2) is 28.4 Å². The minimum absolute atomic E-state index is 0.00364. The van der Waals surface area contributed by atoms with Crippen molar-refractivity contribution in [3.63, 3.8) is 0 Å².